The molecule has 88 valence electrons. The zero-order valence-electron chi connectivity index (χ0n) is 9.27. The van der Waals surface area contributed by atoms with Gasteiger partial charge in [-0.15, -0.1) is 0 Å². The number of hydrogen-bond acceptors (Lipinski definition) is 2. The van der Waals surface area contributed by atoms with Crippen LogP contribution in [-0.2, 0) is 0 Å². The summed E-state index contributed by atoms with van der Waals surface area (Å²) in [5.74, 6) is -0.260. The number of aromatic nitrogens is 2. The molecule has 0 saturated heterocycles. The van der Waals surface area contributed by atoms with E-state index in [0.29, 0.717) is 5.02 Å². The number of rotatable bonds is 3. The fourth-order valence-corrected chi connectivity index (χ4v) is 1.70. The van der Waals surface area contributed by atoms with Gasteiger partial charge in [0.1, 0.15) is 5.69 Å². The molecule has 1 amide bonds. The van der Waals surface area contributed by atoms with Crippen LogP contribution in [0.25, 0.3) is 0 Å². The first-order chi connectivity index (χ1) is 8.18. The SMILES string of the molecule is C[C@@H](NC(=O)c1[nH]ncc1Cl)c1ccccc1. The number of nitrogens with one attached hydrogen (secondary N) is 2. The van der Waals surface area contributed by atoms with Gasteiger partial charge in [-0.2, -0.15) is 5.10 Å². The van der Waals surface area contributed by atoms with Gasteiger partial charge in [0.2, 0.25) is 0 Å². The normalized spacial score (nSPS) is 12.1. The van der Waals surface area contributed by atoms with E-state index in [9.17, 15) is 4.79 Å². The number of H-pyrrole nitrogens is 1. The first kappa shape index (κ1) is 11.7. The maximum absolute atomic E-state index is 11.8. The Kier molecular flexibility index (Phi) is 3.44. The number of carbonyl (C=O) groups is 1. The Labute approximate surface area is 104 Å². The number of benzene rings is 1. The molecule has 1 aromatic carbocycles. The van der Waals surface area contributed by atoms with Crippen molar-refractivity contribution in [2.24, 2.45) is 0 Å². The molecule has 1 heterocycles. The lowest BCUT2D eigenvalue weighted by Gasteiger charge is -2.13. The Morgan fingerprint density at radius 2 is 2.12 bits per heavy atom. The molecule has 0 aliphatic rings. The van der Waals surface area contributed by atoms with Crippen molar-refractivity contribution in [3.05, 3.63) is 52.8 Å². The second kappa shape index (κ2) is 5.01. The highest BCUT2D eigenvalue weighted by Crippen LogP contribution is 2.15. The smallest absolute Gasteiger partial charge is 0.271 e. The second-order valence-electron chi connectivity index (χ2n) is 3.70. The Hall–Kier alpha value is -1.81. The first-order valence-corrected chi connectivity index (χ1v) is 5.61. The van der Waals surface area contributed by atoms with Gasteiger partial charge in [-0.25, -0.2) is 0 Å². The molecular formula is C12H12ClN3O. The van der Waals surface area contributed by atoms with E-state index in [4.69, 9.17) is 11.6 Å². The molecule has 0 unspecified atom stereocenters. The third-order valence-electron chi connectivity index (χ3n) is 2.47. The molecule has 2 N–H and O–H groups in total. The summed E-state index contributed by atoms with van der Waals surface area (Å²) in [7, 11) is 0. The fraction of sp³-hybridized carbons (Fsp3) is 0.167. The molecule has 0 radical (unpaired) electrons. The molecular weight excluding hydrogens is 238 g/mol. The zero-order valence-corrected chi connectivity index (χ0v) is 10.0. The highest BCUT2D eigenvalue weighted by molar-refractivity contribution is 6.33. The molecule has 5 heteroatoms. The first-order valence-electron chi connectivity index (χ1n) is 5.23. The lowest BCUT2D eigenvalue weighted by molar-refractivity contribution is 0.0935. The topological polar surface area (TPSA) is 57.8 Å². The predicted octanol–water partition coefficient (Wildman–Crippen LogP) is 2.55. The van der Waals surface area contributed by atoms with Crippen LogP contribution >= 0.6 is 11.6 Å². The average molecular weight is 250 g/mol. The van der Waals surface area contributed by atoms with Gasteiger partial charge in [0.25, 0.3) is 5.91 Å². The van der Waals surface area contributed by atoms with Crippen LogP contribution in [0.3, 0.4) is 0 Å². The van der Waals surface area contributed by atoms with Crippen molar-refractivity contribution < 1.29 is 4.79 Å². The Morgan fingerprint density at radius 3 is 2.71 bits per heavy atom. The summed E-state index contributed by atoms with van der Waals surface area (Å²) in [6.07, 6.45) is 1.41. The van der Waals surface area contributed by atoms with Crippen LogP contribution in [0.2, 0.25) is 5.02 Å². The number of carbonyl (C=O) groups excluding carboxylic acids is 1. The van der Waals surface area contributed by atoms with Crippen LogP contribution in [0, 0.1) is 0 Å². The summed E-state index contributed by atoms with van der Waals surface area (Å²) >= 11 is 5.81. The van der Waals surface area contributed by atoms with Crippen LogP contribution in [0.4, 0.5) is 0 Å². The number of amides is 1. The molecule has 0 aliphatic heterocycles. The van der Waals surface area contributed by atoms with E-state index in [2.05, 4.69) is 15.5 Å². The molecule has 4 nitrogen and oxygen atoms in total. The van der Waals surface area contributed by atoms with Gasteiger partial charge in [0, 0.05) is 0 Å². The maximum atomic E-state index is 11.8. The Bertz CT molecular complexity index is 509. The monoisotopic (exact) mass is 249 g/mol. The number of hydrogen-bond donors (Lipinski definition) is 2. The van der Waals surface area contributed by atoms with Gasteiger partial charge < -0.3 is 5.32 Å². The van der Waals surface area contributed by atoms with E-state index in [1.807, 2.05) is 37.3 Å². The molecule has 0 fully saturated rings. The quantitative estimate of drug-likeness (QED) is 0.878. The minimum absolute atomic E-state index is 0.0805. The van der Waals surface area contributed by atoms with Gasteiger partial charge in [0.15, 0.2) is 0 Å². The summed E-state index contributed by atoms with van der Waals surface area (Å²) in [4.78, 5) is 11.8. The van der Waals surface area contributed by atoms with Crippen molar-refractivity contribution in [2.75, 3.05) is 0 Å². The predicted molar refractivity (Wildman–Crippen MR) is 65.9 cm³/mol. The van der Waals surface area contributed by atoms with Crippen LogP contribution in [0.5, 0.6) is 0 Å². The molecule has 0 spiro atoms. The molecule has 17 heavy (non-hydrogen) atoms. The summed E-state index contributed by atoms with van der Waals surface area (Å²) < 4.78 is 0. The number of nitrogens with zero attached hydrogens (tertiary/aromatic N) is 1. The van der Waals surface area contributed by atoms with Crippen molar-refractivity contribution >= 4 is 17.5 Å². The minimum Gasteiger partial charge on any atom is -0.344 e. The Morgan fingerprint density at radius 1 is 1.41 bits per heavy atom. The lowest BCUT2D eigenvalue weighted by Crippen LogP contribution is -2.27. The van der Waals surface area contributed by atoms with E-state index in [-0.39, 0.29) is 17.6 Å². The van der Waals surface area contributed by atoms with E-state index in [1.165, 1.54) is 6.20 Å². The van der Waals surface area contributed by atoms with Gasteiger partial charge in [-0.3, -0.25) is 9.89 Å². The third kappa shape index (κ3) is 2.65. The van der Waals surface area contributed by atoms with E-state index in [0.717, 1.165) is 5.56 Å². The zero-order chi connectivity index (χ0) is 12.3. The highest BCUT2D eigenvalue weighted by Gasteiger charge is 2.15. The summed E-state index contributed by atoms with van der Waals surface area (Å²) in [6, 6.07) is 9.63. The standard InChI is InChI=1S/C12H12ClN3O/c1-8(9-5-3-2-4-6-9)15-12(17)11-10(13)7-14-16-11/h2-8H,1H3,(H,14,16)(H,15,17)/t8-/m1/s1. The maximum Gasteiger partial charge on any atom is 0.271 e. The van der Waals surface area contributed by atoms with Gasteiger partial charge in [-0.05, 0) is 12.5 Å². The van der Waals surface area contributed by atoms with E-state index < -0.39 is 0 Å². The molecule has 0 bridgehead atoms. The van der Waals surface area contributed by atoms with Gasteiger partial charge >= 0.3 is 0 Å². The van der Waals surface area contributed by atoms with Crippen LogP contribution in [0.1, 0.15) is 29.0 Å². The summed E-state index contributed by atoms with van der Waals surface area (Å²) in [6.45, 7) is 1.91. The lowest BCUT2D eigenvalue weighted by atomic mass is 10.1. The number of halogens is 1. The largest absolute Gasteiger partial charge is 0.344 e. The van der Waals surface area contributed by atoms with Crippen LogP contribution in [-0.4, -0.2) is 16.1 Å². The van der Waals surface area contributed by atoms with Crippen molar-refractivity contribution in [1.29, 1.82) is 0 Å². The Balaban J connectivity index is 2.08. The van der Waals surface area contributed by atoms with Crippen molar-refractivity contribution in [1.82, 2.24) is 15.5 Å². The molecule has 1 aromatic heterocycles. The van der Waals surface area contributed by atoms with Crippen LogP contribution < -0.4 is 5.32 Å². The van der Waals surface area contributed by atoms with Crippen molar-refractivity contribution in [3.63, 3.8) is 0 Å². The van der Waals surface area contributed by atoms with Crippen molar-refractivity contribution in [2.45, 2.75) is 13.0 Å². The van der Waals surface area contributed by atoms with Crippen molar-refractivity contribution in [3.8, 4) is 0 Å². The third-order valence-corrected chi connectivity index (χ3v) is 2.75. The molecule has 2 rings (SSSR count). The second-order valence-corrected chi connectivity index (χ2v) is 4.11. The molecule has 2 aromatic rings. The summed E-state index contributed by atoms with van der Waals surface area (Å²) in [5, 5.41) is 9.44. The molecule has 1 atom stereocenters. The fourth-order valence-electron chi connectivity index (χ4n) is 1.52. The highest BCUT2D eigenvalue weighted by atomic mass is 35.5. The van der Waals surface area contributed by atoms with Crippen LogP contribution in [0.15, 0.2) is 36.5 Å². The van der Waals surface area contributed by atoms with E-state index >= 15 is 0 Å². The number of aromatic amines is 1. The molecule has 0 saturated carbocycles. The van der Waals surface area contributed by atoms with Gasteiger partial charge in [-0.1, -0.05) is 41.9 Å². The average Bonchev–Trinajstić information content (AvgIpc) is 2.76. The minimum atomic E-state index is -0.260. The van der Waals surface area contributed by atoms with E-state index in [1.54, 1.807) is 0 Å². The van der Waals surface area contributed by atoms with Gasteiger partial charge in [0.05, 0.1) is 17.3 Å². The molecule has 0 aliphatic carbocycles. The summed E-state index contributed by atoms with van der Waals surface area (Å²) in [5.41, 5.74) is 1.32.